The van der Waals surface area contributed by atoms with Crippen molar-refractivity contribution in [3.8, 4) is 17.2 Å². The van der Waals surface area contributed by atoms with Gasteiger partial charge in [0.25, 0.3) is 0 Å². The molecule has 0 saturated carbocycles. The summed E-state index contributed by atoms with van der Waals surface area (Å²) in [6.45, 7) is 4.08. The van der Waals surface area contributed by atoms with Crippen molar-refractivity contribution >= 4 is 12.0 Å². The molecule has 0 saturated heterocycles. The second kappa shape index (κ2) is 9.67. The molecule has 2 rings (SSSR count). The summed E-state index contributed by atoms with van der Waals surface area (Å²) in [6, 6.07) is 11.7. The normalized spacial score (nSPS) is 11.9. The van der Waals surface area contributed by atoms with Gasteiger partial charge in [-0.05, 0) is 36.6 Å². The Labute approximate surface area is 161 Å². The van der Waals surface area contributed by atoms with Crippen LogP contribution in [0.1, 0.15) is 36.6 Å². The molecule has 0 aliphatic rings. The molecule has 1 unspecified atom stereocenters. The van der Waals surface area contributed by atoms with E-state index in [9.17, 15) is 4.79 Å². The van der Waals surface area contributed by atoms with Gasteiger partial charge < -0.3 is 19.5 Å². The zero-order valence-corrected chi connectivity index (χ0v) is 16.5. The van der Waals surface area contributed by atoms with Gasteiger partial charge in [0.05, 0.1) is 27.4 Å². The SMILES string of the molecule is CCc1ccc(C(C)NC(=O)C=Cc2cc(OC)c(OC)cc2OC)cc1. The van der Waals surface area contributed by atoms with Gasteiger partial charge in [0.1, 0.15) is 5.75 Å². The van der Waals surface area contributed by atoms with Gasteiger partial charge in [-0.2, -0.15) is 0 Å². The number of hydrogen-bond acceptors (Lipinski definition) is 4. The van der Waals surface area contributed by atoms with Crippen LogP contribution in [0, 0.1) is 0 Å². The number of hydrogen-bond donors (Lipinski definition) is 1. The maximum atomic E-state index is 12.3. The first-order valence-electron chi connectivity index (χ1n) is 8.89. The fourth-order valence-electron chi connectivity index (χ4n) is 2.74. The molecule has 5 nitrogen and oxygen atoms in total. The maximum absolute atomic E-state index is 12.3. The van der Waals surface area contributed by atoms with E-state index in [0.29, 0.717) is 17.2 Å². The molecule has 0 spiro atoms. The highest BCUT2D eigenvalue weighted by atomic mass is 16.5. The Kier molecular flexibility index (Phi) is 7.29. The lowest BCUT2D eigenvalue weighted by Gasteiger charge is -2.14. The number of methoxy groups -OCH3 is 3. The highest BCUT2D eigenvalue weighted by Crippen LogP contribution is 2.35. The molecule has 0 heterocycles. The van der Waals surface area contributed by atoms with Crippen LogP contribution < -0.4 is 19.5 Å². The summed E-state index contributed by atoms with van der Waals surface area (Å²) in [5.41, 5.74) is 3.07. The molecule has 27 heavy (non-hydrogen) atoms. The second-order valence-electron chi connectivity index (χ2n) is 6.11. The Morgan fingerprint density at radius 1 is 1.00 bits per heavy atom. The average Bonchev–Trinajstić information content (AvgIpc) is 2.71. The minimum atomic E-state index is -0.182. The molecule has 0 bridgehead atoms. The van der Waals surface area contributed by atoms with Crippen LogP contribution in [0.15, 0.2) is 42.5 Å². The Morgan fingerprint density at radius 3 is 2.15 bits per heavy atom. The van der Waals surface area contributed by atoms with Crippen molar-refractivity contribution in [2.45, 2.75) is 26.3 Å². The monoisotopic (exact) mass is 369 g/mol. The number of nitrogens with one attached hydrogen (secondary N) is 1. The number of rotatable bonds is 8. The van der Waals surface area contributed by atoms with Gasteiger partial charge in [0, 0.05) is 17.7 Å². The van der Waals surface area contributed by atoms with Gasteiger partial charge in [0.2, 0.25) is 5.91 Å². The van der Waals surface area contributed by atoms with E-state index < -0.39 is 0 Å². The topological polar surface area (TPSA) is 56.8 Å². The summed E-state index contributed by atoms with van der Waals surface area (Å²) in [6.07, 6.45) is 4.18. The van der Waals surface area contributed by atoms with Gasteiger partial charge in [-0.25, -0.2) is 0 Å². The number of amides is 1. The third kappa shape index (κ3) is 5.26. The van der Waals surface area contributed by atoms with Crippen LogP contribution in [0.5, 0.6) is 17.2 Å². The van der Waals surface area contributed by atoms with E-state index in [2.05, 4.69) is 24.4 Å². The molecule has 5 heteroatoms. The maximum Gasteiger partial charge on any atom is 0.244 e. The first-order valence-corrected chi connectivity index (χ1v) is 8.89. The first kappa shape index (κ1) is 20.4. The van der Waals surface area contributed by atoms with E-state index in [-0.39, 0.29) is 11.9 Å². The Hall–Kier alpha value is -2.95. The number of ether oxygens (including phenoxy) is 3. The van der Waals surface area contributed by atoms with E-state index in [0.717, 1.165) is 17.5 Å². The van der Waals surface area contributed by atoms with Crippen molar-refractivity contribution in [3.63, 3.8) is 0 Å². The lowest BCUT2D eigenvalue weighted by Crippen LogP contribution is -2.24. The zero-order valence-electron chi connectivity index (χ0n) is 16.5. The minimum Gasteiger partial charge on any atom is -0.496 e. The molecule has 0 aliphatic carbocycles. The lowest BCUT2D eigenvalue weighted by molar-refractivity contribution is -0.117. The van der Waals surface area contributed by atoms with Crippen LogP contribution in [0.3, 0.4) is 0 Å². The highest BCUT2D eigenvalue weighted by Gasteiger charge is 2.11. The van der Waals surface area contributed by atoms with Crippen molar-refractivity contribution < 1.29 is 19.0 Å². The van der Waals surface area contributed by atoms with Gasteiger partial charge in [-0.3, -0.25) is 4.79 Å². The molecular weight excluding hydrogens is 342 g/mol. The lowest BCUT2D eigenvalue weighted by atomic mass is 10.0. The zero-order chi connectivity index (χ0) is 19.8. The first-order chi connectivity index (χ1) is 13.0. The largest absolute Gasteiger partial charge is 0.496 e. The van der Waals surface area contributed by atoms with E-state index >= 15 is 0 Å². The summed E-state index contributed by atoms with van der Waals surface area (Å²) in [5, 5.41) is 2.97. The summed E-state index contributed by atoms with van der Waals surface area (Å²) in [5.74, 6) is 1.56. The number of aryl methyl sites for hydroxylation is 1. The molecule has 0 fully saturated rings. The van der Waals surface area contributed by atoms with Crippen molar-refractivity contribution in [1.82, 2.24) is 5.32 Å². The number of benzene rings is 2. The summed E-state index contributed by atoms with van der Waals surface area (Å²) >= 11 is 0. The van der Waals surface area contributed by atoms with Crippen LogP contribution in [0.4, 0.5) is 0 Å². The summed E-state index contributed by atoms with van der Waals surface area (Å²) in [7, 11) is 4.70. The standard InChI is InChI=1S/C22H27NO4/c1-6-16-7-9-17(10-8-16)15(2)23-22(24)12-11-18-13-20(26-4)21(27-5)14-19(18)25-3/h7-15H,6H2,1-5H3,(H,23,24). The predicted octanol–water partition coefficient (Wildman–Crippen LogP) is 4.17. The third-order valence-corrected chi connectivity index (χ3v) is 4.40. The quantitative estimate of drug-likeness (QED) is 0.710. The molecule has 0 aromatic heterocycles. The Bertz CT molecular complexity index is 797. The molecular formula is C22H27NO4. The molecule has 1 atom stereocenters. The molecule has 144 valence electrons. The van der Waals surface area contributed by atoms with Crippen LogP contribution in [-0.4, -0.2) is 27.2 Å². The van der Waals surface area contributed by atoms with E-state index in [1.807, 2.05) is 19.1 Å². The molecule has 0 radical (unpaired) electrons. The van der Waals surface area contributed by atoms with Crippen LogP contribution in [0.25, 0.3) is 6.08 Å². The highest BCUT2D eigenvalue weighted by molar-refractivity contribution is 5.92. The van der Waals surface area contributed by atoms with Crippen molar-refractivity contribution in [2.24, 2.45) is 0 Å². The molecule has 2 aromatic carbocycles. The summed E-state index contributed by atoms with van der Waals surface area (Å²) < 4.78 is 16.0. The van der Waals surface area contributed by atoms with Crippen molar-refractivity contribution in [3.05, 3.63) is 59.2 Å². The van der Waals surface area contributed by atoms with E-state index in [1.165, 1.54) is 11.6 Å². The average molecular weight is 369 g/mol. The number of carbonyl (C=O) groups is 1. The minimum absolute atomic E-state index is 0.0830. The smallest absolute Gasteiger partial charge is 0.244 e. The number of carbonyl (C=O) groups excluding carboxylic acids is 1. The van der Waals surface area contributed by atoms with Crippen LogP contribution in [-0.2, 0) is 11.2 Å². The Morgan fingerprint density at radius 2 is 1.59 bits per heavy atom. The fraction of sp³-hybridized carbons (Fsp3) is 0.318. The second-order valence-corrected chi connectivity index (χ2v) is 6.11. The third-order valence-electron chi connectivity index (χ3n) is 4.40. The van der Waals surface area contributed by atoms with Crippen molar-refractivity contribution in [2.75, 3.05) is 21.3 Å². The molecule has 1 N–H and O–H groups in total. The van der Waals surface area contributed by atoms with Gasteiger partial charge in [-0.15, -0.1) is 0 Å². The summed E-state index contributed by atoms with van der Waals surface area (Å²) in [4.78, 5) is 12.3. The van der Waals surface area contributed by atoms with E-state index in [4.69, 9.17) is 14.2 Å². The Balaban J connectivity index is 2.11. The van der Waals surface area contributed by atoms with Gasteiger partial charge in [-0.1, -0.05) is 31.2 Å². The van der Waals surface area contributed by atoms with Crippen LogP contribution >= 0.6 is 0 Å². The van der Waals surface area contributed by atoms with Gasteiger partial charge in [0.15, 0.2) is 11.5 Å². The molecule has 1 amide bonds. The molecule has 0 aliphatic heterocycles. The van der Waals surface area contributed by atoms with Crippen molar-refractivity contribution in [1.29, 1.82) is 0 Å². The predicted molar refractivity (Wildman–Crippen MR) is 108 cm³/mol. The van der Waals surface area contributed by atoms with Gasteiger partial charge >= 0.3 is 0 Å². The van der Waals surface area contributed by atoms with E-state index in [1.54, 1.807) is 39.5 Å². The van der Waals surface area contributed by atoms with Crippen LogP contribution in [0.2, 0.25) is 0 Å². The molecule has 2 aromatic rings. The fourth-order valence-corrected chi connectivity index (χ4v) is 2.74.